The zero-order valence-corrected chi connectivity index (χ0v) is 30.7. The highest BCUT2D eigenvalue weighted by atomic mass is 32.1. The largest absolute Gasteiger partial charge is 0.456 e. The van der Waals surface area contributed by atoms with Gasteiger partial charge in [-0.2, -0.15) is 0 Å². The van der Waals surface area contributed by atoms with Gasteiger partial charge in [0.2, 0.25) is 0 Å². The summed E-state index contributed by atoms with van der Waals surface area (Å²) in [6.45, 7) is 0. The molecule has 0 amide bonds. The lowest BCUT2D eigenvalue weighted by Gasteiger charge is -2.10. The predicted molar refractivity (Wildman–Crippen MR) is 234 cm³/mol. The normalized spacial score (nSPS) is 13.1. The van der Waals surface area contributed by atoms with Crippen molar-refractivity contribution in [3.8, 4) is 56.4 Å². The van der Waals surface area contributed by atoms with E-state index in [0.29, 0.717) is 39.3 Å². The van der Waals surface area contributed by atoms with Crippen LogP contribution in [0, 0.1) is 0 Å². The van der Waals surface area contributed by atoms with Crippen LogP contribution in [0.25, 0.3) is 120 Å². The molecule has 0 fully saturated rings. The second kappa shape index (κ2) is 12.6. The summed E-state index contributed by atoms with van der Waals surface area (Å²) in [6.07, 6.45) is 0. The van der Waals surface area contributed by atoms with Crippen LogP contribution in [0.15, 0.2) is 185 Å². The molecular formula is C51H29N3O2S. The summed E-state index contributed by atoms with van der Waals surface area (Å²) in [4.78, 5) is 15.0. The number of benzene rings is 8. The molecule has 0 aliphatic heterocycles. The van der Waals surface area contributed by atoms with E-state index in [4.69, 9.17) is 27.9 Å². The fourth-order valence-corrected chi connectivity index (χ4v) is 9.01. The Kier molecular flexibility index (Phi) is 6.00. The van der Waals surface area contributed by atoms with Gasteiger partial charge >= 0.3 is 0 Å². The lowest BCUT2D eigenvalue weighted by molar-refractivity contribution is 0.668. The fourth-order valence-electron chi connectivity index (χ4n) is 7.87. The van der Waals surface area contributed by atoms with Crippen molar-refractivity contribution in [3.05, 3.63) is 176 Å². The molecule has 0 aliphatic rings. The number of rotatable bonds is 5. The van der Waals surface area contributed by atoms with Crippen LogP contribution in [-0.4, -0.2) is 15.0 Å². The minimum absolute atomic E-state index is 0.00382. The van der Waals surface area contributed by atoms with Crippen LogP contribution >= 0.6 is 11.3 Å². The van der Waals surface area contributed by atoms with Gasteiger partial charge in [-0.3, -0.25) is 0 Å². The van der Waals surface area contributed by atoms with Crippen LogP contribution in [0.2, 0.25) is 0 Å². The van der Waals surface area contributed by atoms with E-state index in [1.54, 1.807) is 17.4 Å². The minimum atomic E-state index is -0.299. The third kappa shape index (κ3) is 5.19. The molecule has 12 aromatic rings. The molecule has 57 heavy (non-hydrogen) atoms. The first kappa shape index (κ1) is 27.2. The predicted octanol–water partition coefficient (Wildman–Crippen LogP) is 14.4. The second-order valence-electron chi connectivity index (χ2n) is 13.9. The van der Waals surface area contributed by atoms with Crippen LogP contribution in [-0.2, 0) is 0 Å². The molecule has 0 aliphatic carbocycles. The topological polar surface area (TPSA) is 65.0 Å². The van der Waals surface area contributed by atoms with Crippen molar-refractivity contribution in [3.63, 3.8) is 0 Å². The molecule has 0 radical (unpaired) electrons. The lowest BCUT2D eigenvalue weighted by Crippen LogP contribution is -2.00. The Hall–Kier alpha value is -7.41. The van der Waals surface area contributed by atoms with Gasteiger partial charge < -0.3 is 8.83 Å². The van der Waals surface area contributed by atoms with Crippen LogP contribution < -0.4 is 0 Å². The van der Waals surface area contributed by atoms with Crippen LogP contribution in [0.5, 0.6) is 0 Å². The number of furan rings is 2. The SMILES string of the molecule is [2H]c1c([2H])c(-c2ccc3c(c2)sc2ccccc23)c2c(oc3c([2H])c(-c4nc(-c5ccc(-c6ccccc6)cc5)nc(-c5cccc6oc7ccccc7c56)n4)cc([2H])c32)c1[2H]. The minimum Gasteiger partial charge on any atom is -0.456 e. The summed E-state index contributed by atoms with van der Waals surface area (Å²) < 4.78 is 60.9. The smallest absolute Gasteiger partial charge is 0.164 e. The molecule has 0 spiro atoms. The number of fused-ring (bicyclic) bond motifs is 9. The fraction of sp³-hybridized carbons (Fsp3) is 0. The summed E-state index contributed by atoms with van der Waals surface area (Å²) >= 11 is 1.64. The Bertz CT molecular complexity index is 3820. The van der Waals surface area contributed by atoms with Gasteiger partial charge in [0.15, 0.2) is 17.5 Å². The molecule has 8 aromatic carbocycles. The molecule has 0 saturated heterocycles. The van der Waals surface area contributed by atoms with E-state index in [1.165, 1.54) is 0 Å². The molecule has 0 bridgehead atoms. The number of para-hydroxylation sites is 1. The molecule has 0 atom stereocenters. The first-order valence-electron chi connectivity index (χ1n) is 21.0. The van der Waals surface area contributed by atoms with Crippen molar-refractivity contribution in [2.75, 3.05) is 0 Å². The van der Waals surface area contributed by atoms with Gasteiger partial charge in [0.1, 0.15) is 22.3 Å². The zero-order chi connectivity index (χ0) is 41.8. The molecule has 5 nitrogen and oxygen atoms in total. The molecule has 0 N–H and O–H groups in total. The Morgan fingerprint density at radius 3 is 1.96 bits per heavy atom. The molecule has 4 heterocycles. The number of nitrogens with zero attached hydrogens (tertiary/aromatic N) is 3. The van der Waals surface area contributed by atoms with E-state index < -0.39 is 0 Å². The molecular weight excluding hydrogens is 719 g/mol. The van der Waals surface area contributed by atoms with Gasteiger partial charge in [-0.15, -0.1) is 11.3 Å². The maximum atomic E-state index is 9.67. The van der Waals surface area contributed by atoms with E-state index in [-0.39, 0.29) is 58.2 Å². The Balaban J connectivity index is 1.09. The Morgan fingerprint density at radius 2 is 1.07 bits per heavy atom. The summed E-state index contributed by atoms with van der Waals surface area (Å²) in [5, 5.41) is 4.59. The Labute approximate surface area is 337 Å². The third-order valence-electron chi connectivity index (χ3n) is 10.6. The first-order valence-corrected chi connectivity index (χ1v) is 19.3. The van der Waals surface area contributed by atoms with Crippen molar-refractivity contribution in [1.29, 1.82) is 0 Å². The van der Waals surface area contributed by atoms with Gasteiger partial charge in [-0.25, -0.2) is 15.0 Å². The highest BCUT2D eigenvalue weighted by molar-refractivity contribution is 7.25. The van der Waals surface area contributed by atoms with E-state index in [1.807, 2.05) is 115 Å². The quantitative estimate of drug-likeness (QED) is 0.175. The summed E-state index contributed by atoms with van der Waals surface area (Å²) in [5.74, 6) is 0.886. The number of hydrogen-bond acceptors (Lipinski definition) is 6. The summed E-state index contributed by atoms with van der Waals surface area (Å²) in [5.41, 5.74) is 6.31. The molecule has 0 unspecified atom stereocenters. The van der Waals surface area contributed by atoms with Crippen molar-refractivity contribution >= 4 is 75.4 Å². The highest BCUT2D eigenvalue weighted by Gasteiger charge is 2.20. The van der Waals surface area contributed by atoms with E-state index >= 15 is 0 Å². The molecule has 266 valence electrons. The van der Waals surface area contributed by atoms with Crippen LogP contribution in [0.4, 0.5) is 0 Å². The van der Waals surface area contributed by atoms with Gasteiger partial charge in [-0.1, -0.05) is 133 Å². The molecule has 0 saturated carbocycles. The van der Waals surface area contributed by atoms with E-state index in [9.17, 15) is 2.74 Å². The van der Waals surface area contributed by atoms with Crippen molar-refractivity contribution < 1.29 is 15.7 Å². The standard InChI is InChI=1S/C51H29N3O2S/c1-2-10-30(11-3-1)31-20-22-32(23-21-31)49-52-50(54-51(53-49)40-15-9-18-43-48(40)38-13-4-6-16-41(38)55-43)34-25-27-39-44(28-34)56-42-17-8-14-35(47(39)42)33-24-26-37-36-12-5-7-19-45(36)57-46(37)29-33/h1-29H/i8D,14D,17D,27D,28D. The maximum absolute atomic E-state index is 9.67. The Morgan fingerprint density at radius 1 is 0.404 bits per heavy atom. The molecule has 6 heteroatoms. The van der Waals surface area contributed by atoms with Gasteiger partial charge in [0.25, 0.3) is 0 Å². The van der Waals surface area contributed by atoms with Crippen molar-refractivity contribution in [1.82, 2.24) is 15.0 Å². The van der Waals surface area contributed by atoms with Gasteiger partial charge in [0.05, 0.1) is 6.85 Å². The van der Waals surface area contributed by atoms with Crippen LogP contribution in [0.3, 0.4) is 0 Å². The third-order valence-corrected chi connectivity index (χ3v) is 11.7. The van der Waals surface area contributed by atoms with E-state index in [0.717, 1.165) is 53.2 Å². The number of hydrogen-bond donors (Lipinski definition) is 0. The first-order chi connectivity index (χ1) is 30.3. The molecule has 4 aromatic heterocycles. The lowest BCUT2D eigenvalue weighted by atomic mass is 9.98. The average Bonchev–Trinajstić information content (AvgIpc) is 4.02. The monoisotopic (exact) mass is 752 g/mol. The maximum Gasteiger partial charge on any atom is 0.164 e. The van der Waals surface area contributed by atoms with Crippen molar-refractivity contribution in [2.24, 2.45) is 0 Å². The highest BCUT2D eigenvalue weighted by Crippen LogP contribution is 2.42. The van der Waals surface area contributed by atoms with E-state index in [2.05, 4.69) is 24.3 Å². The number of aromatic nitrogens is 3. The number of thiophene rings is 1. The van der Waals surface area contributed by atoms with Crippen LogP contribution in [0.1, 0.15) is 6.85 Å². The average molecular weight is 753 g/mol. The zero-order valence-electron chi connectivity index (χ0n) is 34.9. The summed E-state index contributed by atoms with van der Waals surface area (Å²) in [7, 11) is 0. The second-order valence-corrected chi connectivity index (χ2v) is 15.0. The molecule has 12 rings (SSSR count). The van der Waals surface area contributed by atoms with Gasteiger partial charge in [-0.05, 0) is 64.6 Å². The van der Waals surface area contributed by atoms with Crippen molar-refractivity contribution in [2.45, 2.75) is 0 Å². The van der Waals surface area contributed by atoms with Gasteiger partial charge in [0, 0.05) is 58.4 Å². The summed E-state index contributed by atoms with van der Waals surface area (Å²) in [6, 6.07) is 46.5.